The zero-order valence-corrected chi connectivity index (χ0v) is 20.1. The predicted molar refractivity (Wildman–Crippen MR) is 130 cm³/mol. The summed E-state index contributed by atoms with van der Waals surface area (Å²) < 4.78 is 0. The van der Waals surface area contributed by atoms with Crippen LogP contribution in [0.2, 0.25) is 0 Å². The van der Waals surface area contributed by atoms with Crippen LogP contribution in [0.3, 0.4) is 0 Å². The first-order valence-electron chi connectivity index (χ1n) is 11.4. The van der Waals surface area contributed by atoms with Gasteiger partial charge in [0, 0.05) is 24.7 Å². The van der Waals surface area contributed by atoms with Gasteiger partial charge in [-0.05, 0) is 5.56 Å². The van der Waals surface area contributed by atoms with Crippen molar-refractivity contribution in [1.82, 2.24) is 25.9 Å². The molecule has 1 aromatic heterocycles. The van der Waals surface area contributed by atoms with E-state index in [4.69, 9.17) is 16.6 Å². The number of rotatable bonds is 15. The molecule has 0 radical (unpaired) electrons. The van der Waals surface area contributed by atoms with Gasteiger partial charge in [0.15, 0.2) is 0 Å². The molecule has 0 bridgehead atoms. The number of carbonyl (C=O) groups is 6. The molecule has 0 spiro atoms. The Kier molecular flexibility index (Phi) is 10.9. The first-order valence-corrected chi connectivity index (χ1v) is 11.4. The van der Waals surface area contributed by atoms with Gasteiger partial charge in [-0.25, -0.2) is 9.78 Å². The highest BCUT2D eigenvalue weighted by atomic mass is 16.4. The zero-order valence-electron chi connectivity index (χ0n) is 20.1. The van der Waals surface area contributed by atoms with Crippen molar-refractivity contribution in [2.75, 3.05) is 0 Å². The molecule has 4 atom stereocenters. The second-order valence-electron chi connectivity index (χ2n) is 8.37. The number of carboxylic acids is 2. The number of hydrogen-bond donors (Lipinski definition) is 8. The molecule has 15 nitrogen and oxygen atoms in total. The molecule has 0 aliphatic carbocycles. The summed E-state index contributed by atoms with van der Waals surface area (Å²) in [5.41, 5.74) is 11.7. The Morgan fingerprint density at radius 3 is 1.95 bits per heavy atom. The monoisotopic (exact) mass is 531 g/mol. The van der Waals surface area contributed by atoms with Crippen molar-refractivity contribution in [3.63, 3.8) is 0 Å². The number of primary amides is 1. The van der Waals surface area contributed by atoms with Crippen molar-refractivity contribution in [3.8, 4) is 0 Å². The van der Waals surface area contributed by atoms with E-state index in [1.807, 2.05) is 0 Å². The number of nitrogens with one attached hydrogen (secondary N) is 4. The molecule has 0 saturated heterocycles. The highest BCUT2D eigenvalue weighted by Gasteiger charge is 2.31. The average molecular weight is 532 g/mol. The normalized spacial score (nSPS) is 13.8. The van der Waals surface area contributed by atoms with E-state index >= 15 is 0 Å². The number of aromatic amines is 1. The van der Waals surface area contributed by atoms with Gasteiger partial charge in [0.25, 0.3) is 0 Å². The van der Waals surface area contributed by atoms with E-state index < -0.39 is 72.6 Å². The number of hydrogen-bond acceptors (Lipinski definition) is 8. The van der Waals surface area contributed by atoms with E-state index in [2.05, 4.69) is 25.9 Å². The third kappa shape index (κ3) is 9.69. The lowest BCUT2D eigenvalue weighted by molar-refractivity contribution is -0.143. The number of nitrogens with zero attached hydrogens (tertiary/aromatic N) is 1. The molecule has 1 heterocycles. The van der Waals surface area contributed by atoms with E-state index in [1.165, 1.54) is 12.5 Å². The largest absolute Gasteiger partial charge is 0.481 e. The first kappa shape index (κ1) is 29.4. The standard InChI is InChI=1S/C23H29N7O8/c24-14(8-19(32)33)20(34)28-16(7-13-10-26-11-27-13)22(36)29-15(6-12-4-2-1-3-5-12)21(35)30-17(23(37)38)9-18(25)31/h1-5,10-11,14-17H,6-9,24H2,(H2,25,31)(H,26,27)(H,28,34)(H,29,36)(H,30,35)(H,32,33)(H,37,38). The van der Waals surface area contributed by atoms with Crippen LogP contribution in [0.4, 0.5) is 0 Å². The summed E-state index contributed by atoms with van der Waals surface area (Å²) in [6.45, 7) is 0. The maximum absolute atomic E-state index is 13.3. The van der Waals surface area contributed by atoms with E-state index in [1.54, 1.807) is 30.3 Å². The van der Waals surface area contributed by atoms with Crippen LogP contribution in [-0.2, 0) is 41.6 Å². The number of benzene rings is 1. The number of carbonyl (C=O) groups excluding carboxylic acids is 4. The summed E-state index contributed by atoms with van der Waals surface area (Å²) >= 11 is 0. The van der Waals surface area contributed by atoms with Gasteiger partial charge in [-0.1, -0.05) is 30.3 Å². The van der Waals surface area contributed by atoms with Gasteiger partial charge in [-0.3, -0.25) is 24.0 Å². The molecule has 0 fully saturated rings. The van der Waals surface area contributed by atoms with Gasteiger partial charge in [0.2, 0.25) is 23.6 Å². The minimum absolute atomic E-state index is 0.0649. The summed E-state index contributed by atoms with van der Waals surface area (Å²) in [4.78, 5) is 79.0. The van der Waals surface area contributed by atoms with Gasteiger partial charge in [-0.2, -0.15) is 0 Å². The number of H-pyrrole nitrogens is 1. The molecule has 2 aromatic rings. The van der Waals surface area contributed by atoms with Crippen LogP contribution in [0, 0.1) is 0 Å². The SMILES string of the molecule is NC(=O)CC(NC(=O)C(Cc1ccccc1)NC(=O)C(Cc1cnc[nH]1)NC(=O)C(N)CC(=O)O)C(=O)O. The summed E-state index contributed by atoms with van der Waals surface area (Å²) in [5, 5.41) is 25.3. The molecule has 1 aromatic carbocycles. The van der Waals surface area contributed by atoms with Crippen molar-refractivity contribution in [1.29, 1.82) is 0 Å². The predicted octanol–water partition coefficient (Wildman–Crippen LogP) is -2.59. The minimum Gasteiger partial charge on any atom is -0.481 e. The average Bonchev–Trinajstić information content (AvgIpc) is 3.35. The summed E-state index contributed by atoms with van der Waals surface area (Å²) in [6.07, 6.45) is 1.21. The summed E-state index contributed by atoms with van der Waals surface area (Å²) in [5.74, 6) is -6.44. The molecule has 4 amide bonds. The second kappa shape index (κ2) is 14.1. The Balaban J connectivity index is 2.28. The Labute approximate surface area is 216 Å². The topological polar surface area (TPSA) is 260 Å². The number of aliphatic carboxylic acids is 2. The van der Waals surface area contributed by atoms with Crippen LogP contribution in [0.1, 0.15) is 24.1 Å². The van der Waals surface area contributed by atoms with Gasteiger partial charge in [-0.15, -0.1) is 0 Å². The fourth-order valence-corrected chi connectivity index (χ4v) is 3.39. The number of carboxylic acid groups (broad SMARTS) is 2. The van der Waals surface area contributed by atoms with Crippen molar-refractivity contribution in [3.05, 3.63) is 54.1 Å². The minimum atomic E-state index is -1.63. The lowest BCUT2D eigenvalue weighted by atomic mass is 10.0. The number of amides is 4. The summed E-state index contributed by atoms with van der Waals surface area (Å²) in [6, 6.07) is 2.78. The van der Waals surface area contributed by atoms with Crippen molar-refractivity contribution in [2.45, 2.75) is 49.9 Å². The molecule has 0 aliphatic heterocycles. The van der Waals surface area contributed by atoms with Crippen LogP contribution >= 0.6 is 0 Å². The van der Waals surface area contributed by atoms with Gasteiger partial charge in [0.05, 0.1) is 25.2 Å². The van der Waals surface area contributed by atoms with Crippen LogP contribution in [0.25, 0.3) is 0 Å². The second-order valence-corrected chi connectivity index (χ2v) is 8.37. The lowest BCUT2D eigenvalue weighted by Crippen LogP contribution is -2.58. The number of aromatic nitrogens is 2. The number of imidazole rings is 1. The number of nitrogens with two attached hydrogens (primary N) is 2. The van der Waals surface area contributed by atoms with Crippen LogP contribution < -0.4 is 27.4 Å². The van der Waals surface area contributed by atoms with Gasteiger partial charge < -0.3 is 42.6 Å². The third-order valence-corrected chi connectivity index (χ3v) is 5.28. The molecule has 0 saturated carbocycles. The van der Waals surface area contributed by atoms with Gasteiger partial charge >= 0.3 is 11.9 Å². The highest BCUT2D eigenvalue weighted by molar-refractivity contribution is 5.95. The molecular weight excluding hydrogens is 502 g/mol. The third-order valence-electron chi connectivity index (χ3n) is 5.28. The Bertz CT molecular complexity index is 1140. The molecule has 2 rings (SSSR count). The smallest absolute Gasteiger partial charge is 0.326 e. The molecule has 4 unspecified atom stereocenters. The maximum Gasteiger partial charge on any atom is 0.326 e. The maximum atomic E-state index is 13.3. The van der Waals surface area contributed by atoms with E-state index in [0.29, 0.717) is 11.3 Å². The Hall–Kier alpha value is -4.79. The van der Waals surface area contributed by atoms with Crippen molar-refractivity contribution in [2.24, 2.45) is 11.5 Å². The van der Waals surface area contributed by atoms with Crippen LogP contribution in [0.15, 0.2) is 42.9 Å². The fourth-order valence-electron chi connectivity index (χ4n) is 3.39. The first-order chi connectivity index (χ1) is 18.0. The van der Waals surface area contributed by atoms with E-state index in [9.17, 15) is 33.9 Å². The van der Waals surface area contributed by atoms with Crippen LogP contribution in [-0.4, -0.2) is 79.9 Å². The molecular formula is C23H29N7O8. The van der Waals surface area contributed by atoms with Crippen molar-refractivity contribution >= 4 is 35.6 Å². The molecule has 10 N–H and O–H groups in total. The van der Waals surface area contributed by atoms with E-state index in [-0.39, 0.29) is 12.8 Å². The highest BCUT2D eigenvalue weighted by Crippen LogP contribution is 2.07. The van der Waals surface area contributed by atoms with Crippen molar-refractivity contribution < 1.29 is 39.0 Å². The van der Waals surface area contributed by atoms with Crippen LogP contribution in [0.5, 0.6) is 0 Å². The molecule has 0 aliphatic rings. The molecule has 15 heteroatoms. The quantitative estimate of drug-likeness (QED) is 0.119. The molecule has 204 valence electrons. The molecule has 38 heavy (non-hydrogen) atoms. The van der Waals surface area contributed by atoms with E-state index in [0.717, 1.165) is 0 Å². The fraction of sp³-hybridized carbons (Fsp3) is 0.348. The Morgan fingerprint density at radius 1 is 0.842 bits per heavy atom. The lowest BCUT2D eigenvalue weighted by Gasteiger charge is -2.25. The Morgan fingerprint density at radius 2 is 1.42 bits per heavy atom. The summed E-state index contributed by atoms with van der Waals surface area (Å²) in [7, 11) is 0. The zero-order chi connectivity index (χ0) is 28.2. The van der Waals surface area contributed by atoms with Gasteiger partial charge in [0.1, 0.15) is 18.1 Å².